The number of fused-ring (bicyclic) bond motifs is 1. The van der Waals surface area contributed by atoms with E-state index in [4.69, 9.17) is 0 Å². The van der Waals surface area contributed by atoms with E-state index in [1.807, 2.05) is 13.8 Å². The fourth-order valence-electron chi connectivity index (χ4n) is 2.42. The minimum Gasteiger partial charge on any atom is -0.306 e. The number of nitrogens with zero attached hydrogens (tertiary/aromatic N) is 1. The Bertz CT molecular complexity index is 999. The molecule has 0 amide bonds. The van der Waals surface area contributed by atoms with Gasteiger partial charge >= 0.3 is 6.18 Å². The van der Waals surface area contributed by atoms with Crippen LogP contribution >= 0.6 is 11.3 Å². The molecule has 0 aliphatic heterocycles. The fourth-order valence-corrected chi connectivity index (χ4v) is 3.46. The first-order valence-electron chi connectivity index (χ1n) is 7.11. The molecule has 0 radical (unpaired) electrons. The molecule has 0 unspecified atom stereocenters. The first kappa shape index (κ1) is 16.4. The molecule has 0 saturated heterocycles. The highest BCUT2D eigenvalue weighted by molar-refractivity contribution is 7.18. The maximum absolute atomic E-state index is 13.0. The van der Waals surface area contributed by atoms with Crippen LogP contribution in [0.3, 0.4) is 0 Å². The lowest BCUT2D eigenvalue weighted by Crippen LogP contribution is -2.09. The Morgan fingerprint density at radius 2 is 1.88 bits per heavy atom. The molecule has 0 aliphatic carbocycles. The summed E-state index contributed by atoms with van der Waals surface area (Å²) in [5, 5.41) is 0.533. The van der Waals surface area contributed by atoms with Crippen LogP contribution in [0.5, 0.6) is 0 Å². The van der Waals surface area contributed by atoms with E-state index in [1.54, 1.807) is 0 Å². The molecule has 24 heavy (non-hydrogen) atoms. The molecule has 3 nitrogen and oxygen atoms in total. The van der Waals surface area contributed by atoms with Crippen LogP contribution in [0.15, 0.2) is 29.1 Å². The lowest BCUT2D eigenvalue weighted by molar-refractivity contribution is -0.137. The summed E-state index contributed by atoms with van der Waals surface area (Å²) in [6.45, 7) is 3.75. The smallest absolute Gasteiger partial charge is 0.306 e. The molecule has 2 aromatic heterocycles. The van der Waals surface area contributed by atoms with Crippen LogP contribution in [0.4, 0.5) is 13.2 Å². The molecule has 0 fully saturated rings. The molecule has 1 aromatic carbocycles. The van der Waals surface area contributed by atoms with Crippen LogP contribution in [0.2, 0.25) is 0 Å². The van der Waals surface area contributed by atoms with Crippen molar-refractivity contribution in [2.75, 3.05) is 0 Å². The Morgan fingerprint density at radius 1 is 1.17 bits per heavy atom. The molecular weight excluding hydrogens is 337 g/mol. The number of alkyl halides is 3. The van der Waals surface area contributed by atoms with Crippen molar-refractivity contribution in [2.24, 2.45) is 0 Å². The van der Waals surface area contributed by atoms with Crippen molar-refractivity contribution in [1.29, 1.82) is 0 Å². The van der Waals surface area contributed by atoms with Crippen molar-refractivity contribution >= 4 is 33.7 Å². The lowest BCUT2D eigenvalue weighted by Gasteiger charge is -2.09. The number of H-pyrrole nitrogens is 1. The Labute approximate surface area is 139 Å². The van der Waals surface area contributed by atoms with Gasteiger partial charge in [0, 0.05) is 4.88 Å². The average Bonchev–Trinajstić information content (AvgIpc) is 2.79. The molecule has 0 atom stereocenters. The highest BCUT2D eigenvalue weighted by Gasteiger charge is 2.32. The number of thiophene rings is 1. The van der Waals surface area contributed by atoms with E-state index in [0.717, 1.165) is 16.5 Å². The standard InChI is InChI=1S/C17H13F3N2OS/c1-9-10(2)24-16-14(9)15(23)21-13(22-16)8-7-11-5-3-4-6-12(11)17(18,19)20/h3-8H,1-2H3,(H,21,22,23). The molecule has 124 valence electrons. The maximum Gasteiger partial charge on any atom is 0.416 e. The quantitative estimate of drug-likeness (QED) is 0.722. The maximum atomic E-state index is 13.0. The van der Waals surface area contributed by atoms with Gasteiger partial charge in [-0.15, -0.1) is 11.3 Å². The zero-order valence-corrected chi connectivity index (χ0v) is 13.7. The predicted molar refractivity (Wildman–Crippen MR) is 90.1 cm³/mol. The van der Waals surface area contributed by atoms with Gasteiger partial charge in [-0.2, -0.15) is 13.2 Å². The van der Waals surface area contributed by atoms with Crippen molar-refractivity contribution in [3.63, 3.8) is 0 Å². The minimum absolute atomic E-state index is 0.0197. The van der Waals surface area contributed by atoms with Crippen molar-refractivity contribution in [2.45, 2.75) is 20.0 Å². The number of halogens is 3. The van der Waals surface area contributed by atoms with Crippen LogP contribution in [0, 0.1) is 13.8 Å². The Kier molecular flexibility index (Phi) is 4.04. The minimum atomic E-state index is -4.44. The van der Waals surface area contributed by atoms with E-state index in [1.165, 1.54) is 41.7 Å². The zero-order valence-electron chi connectivity index (χ0n) is 12.9. The summed E-state index contributed by atoms with van der Waals surface area (Å²) < 4.78 is 39.0. The van der Waals surface area contributed by atoms with Gasteiger partial charge in [0.2, 0.25) is 0 Å². The van der Waals surface area contributed by atoms with E-state index >= 15 is 0 Å². The number of nitrogens with one attached hydrogen (secondary N) is 1. The summed E-state index contributed by atoms with van der Waals surface area (Å²) in [6, 6.07) is 5.25. The largest absolute Gasteiger partial charge is 0.416 e. The van der Waals surface area contributed by atoms with E-state index in [0.29, 0.717) is 10.2 Å². The number of hydrogen-bond donors (Lipinski definition) is 1. The number of aromatic amines is 1. The first-order valence-corrected chi connectivity index (χ1v) is 7.93. The van der Waals surface area contributed by atoms with Gasteiger partial charge in [-0.3, -0.25) is 4.79 Å². The van der Waals surface area contributed by atoms with E-state index < -0.39 is 11.7 Å². The van der Waals surface area contributed by atoms with Crippen LogP contribution in [0.1, 0.15) is 27.4 Å². The third-order valence-corrected chi connectivity index (χ3v) is 4.85. The number of hydrogen-bond acceptors (Lipinski definition) is 3. The second kappa shape index (κ2) is 5.90. The molecule has 0 spiro atoms. The van der Waals surface area contributed by atoms with Crippen LogP contribution in [-0.2, 0) is 6.18 Å². The van der Waals surface area contributed by atoms with E-state index in [-0.39, 0.29) is 16.9 Å². The normalized spacial score (nSPS) is 12.4. The number of aromatic nitrogens is 2. The zero-order chi connectivity index (χ0) is 17.5. The second-order valence-corrected chi connectivity index (χ2v) is 6.54. The molecule has 0 saturated carbocycles. The van der Waals surface area contributed by atoms with Crippen molar-refractivity contribution in [3.8, 4) is 0 Å². The first-order chi connectivity index (χ1) is 11.3. The summed E-state index contributed by atoms with van der Waals surface area (Å²) in [5.74, 6) is 0.228. The Hall–Kier alpha value is -2.41. The Morgan fingerprint density at radius 3 is 2.58 bits per heavy atom. The topological polar surface area (TPSA) is 45.8 Å². The van der Waals surface area contributed by atoms with Gasteiger partial charge in [0.1, 0.15) is 10.7 Å². The third kappa shape index (κ3) is 2.99. The van der Waals surface area contributed by atoms with Gasteiger partial charge in [0.15, 0.2) is 0 Å². The summed E-state index contributed by atoms with van der Waals surface area (Å²) in [7, 11) is 0. The van der Waals surface area contributed by atoms with E-state index in [9.17, 15) is 18.0 Å². The Balaban J connectivity index is 2.05. The SMILES string of the molecule is Cc1sc2nc(C=Cc3ccccc3C(F)(F)F)[nH]c(=O)c2c1C. The predicted octanol–water partition coefficient (Wildman–Crippen LogP) is 4.79. The highest BCUT2D eigenvalue weighted by Crippen LogP contribution is 2.32. The summed E-state index contributed by atoms with van der Waals surface area (Å²) in [5.41, 5.74) is -0.119. The van der Waals surface area contributed by atoms with Crippen molar-refractivity contribution in [3.05, 3.63) is 62.0 Å². The van der Waals surface area contributed by atoms with Gasteiger partial charge in [0.05, 0.1) is 10.9 Å². The second-order valence-electron chi connectivity index (χ2n) is 5.33. The third-order valence-electron chi connectivity index (χ3n) is 3.74. The molecule has 0 bridgehead atoms. The molecule has 2 heterocycles. The molecule has 3 rings (SSSR count). The lowest BCUT2D eigenvalue weighted by atomic mass is 10.1. The van der Waals surface area contributed by atoms with Gasteiger partial charge in [-0.25, -0.2) is 4.98 Å². The molecule has 1 N–H and O–H groups in total. The van der Waals surface area contributed by atoms with Gasteiger partial charge in [0.25, 0.3) is 5.56 Å². The summed E-state index contributed by atoms with van der Waals surface area (Å²) in [6.07, 6.45) is -1.75. The number of rotatable bonds is 2. The van der Waals surface area contributed by atoms with Gasteiger partial charge < -0.3 is 4.98 Å². The highest BCUT2D eigenvalue weighted by atomic mass is 32.1. The molecule has 3 aromatic rings. The summed E-state index contributed by atoms with van der Waals surface area (Å²) >= 11 is 1.39. The van der Waals surface area contributed by atoms with Crippen molar-refractivity contribution in [1.82, 2.24) is 9.97 Å². The van der Waals surface area contributed by atoms with Crippen LogP contribution in [0.25, 0.3) is 22.4 Å². The summed E-state index contributed by atoms with van der Waals surface area (Å²) in [4.78, 5) is 20.7. The number of benzene rings is 1. The van der Waals surface area contributed by atoms with Gasteiger partial charge in [-0.1, -0.05) is 24.3 Å². The average molecular weight is 350 g/mol. The van der Waals surface area contributed by atoms with E-state index in [2.05, 4.69) is 9.97 Å². The van der Waals surface area contributed by atoms with Crippen molar-refractivity contribution < 1.29 is 13.2 Å². The fraction of sp³-hybridized carbons (Fsp3) is 0.176. The van der Waals surface area contributed by atoms with Crippen LogP contribution < -0.4 is 5.56 Å². The van der Waals surface area contributed by atoms with Crippen LogP contribution in [-0.4, -0.2) is 9.97 Å². The molecular formula is C17H13F3N2OS. The molecule has 0 aliphatic rings. The molecule has 7 heteroatoms. The number of aryl methyl sites for hydroxylation is 2. The van der Waals surface area contributed by atoms with Gasteiger partial charge in [-0.05, 0) is 37.1 Å². The monoisotopic (exact) mass is 350 g/mol.